The van der Waals surface area contributed by atoms with Gasteiger partial charge in [-0.3, -0.25) is 0 Å². The molecule has 0 bridgehead atoms. The summed E-state index contributed by atoms with van der Waals surface area (Å²) in [4.78, 5) is 0.252. The molecular formula is C13H21NO3S. The summed E-state index contributed by atoms with van der Waals surface area (Å²) in [6.45, 7) is 8.54. The highest BCUT2D eigenvalue weighted by Gasteiger charge is 2.31. The molecule has 102 valence electrons. The number of aryl methyl sites for hydroxylation is 2. The third-order valence-corrected chi connectivity index (χ3v) is 4.89. The van der Waals surface area contributed by atoms with E-state index in [4.69, 9.17) is 0 Å². The highest BCUT2D eigenvalue weighted by molar-refractivity contribution is 7.89. The first kappa shape index (κ1) is 15.1. The third kappa shape index (κ3) is 3.31. The zero-order chi connectivity index (χ0) is 14.1. The van der Waals surface area contributed by atoms with Crippen LogP contribution in [0.25, 0.3) is 0 Å². The Morgan fingerprint density at radius 2 is 1.83 bits per heavy atom. The molecule has 0 radical (unpaired) electrons. The average molecular weight is 271 g/mol. The summed E-state index contributed by atoms with van der Waals surface area (Å²) in [5, 5.41) is 9.58. The fraction of sp³-hybridized carbons (Fsp3) is 0.538. The van der Waals surface area contributed by atoms with Gasteiger partial charge in [0, 0.05) is 0 Å². The van der Waals surface area contributed by atoms with Gasteiger partial charge in [-0.1, -0.05) is 17.7 Å². The van der Waals surface area contributed by atoms with E-state index >= 15 is 0 Å². The summed E-state index contributed by atoms with van der Waals surface area (Å²) < 4.78 is 27.1. The van der Waals surface area contributed by atoms with Gasteiger partial charge < -0.3 is 5.11 Å². The zero-order valence-corrected chi connectivity index (χ0v) is 12.3. The second-order valence-electron chi connectivity index (χ2n) is 5.27. The lowest BCUT2D eigenvalue weighted by Gasteiger charge is -2.29. The molecule has 1 aromatic rings. The number of hydrogen-bond donors (Lipinski definition) is 2. The molecule has 1 unspecified atom stereocenters. The smallest absolute Gasteiger partial charge is 0.241 e. The maximum absolute atomic E-state index is 12.3. The maximum Gasteiger partial charge on any atom is 0.241 e. The Labute approximate surface area is 109 Å². The van der Waals surface area contributed by atoms with Crippen LogP contribution in [-0.4, -0.2) is 25.2 Å². The van der Waals surface area contributed by atoms with Gasteiger partial charge >= 0.3 is 0 Å². The van der Waals surface area contributed by atoms with Gasteiger partial charge in [0.05, 0.1) is 16.5 Å². The summed E-state index contributed by atoms with van der Waals surface area (Å²) in [5.41, 5.74) is 0.806. The van der Waals surface area contributed by atoms with Gasteiger partial charge in [-0.25, -0.2) is 13.1 Å². The predicted molar refractivity (Wildman–Crippen MR) is 72.0 cm³/mol. The molecular weight excluding hydrogens is 250 g/mol. The molecule has 0 aliphatic rings. The molecule has 0 amide bonds. The van der Waals surface area contributed by atoms with Gasteiger partial charge in [-0.2, -0.15) is 0 Å². The summed E-state index contributed by atoms with van der Waals surface area (Å²) >= 11 is 0. The second kappa shape index (κ2) is 4.99. The van der Waals surface area contributed by atoms with E-state index in [-0.39, 0.29) is 4.90 Å². The van der Waals surface area contributed by atoms with Gasteiger partial charge in [0.15, 0.2) is 0 Å². The second-order valence-corrected chi connectivity index (χ2v) is 6.92. The maximum atomic E-state index is 12.3. The van der Waals surface area contributed by atoms with E-state index in [0.717, 1.165) is 5.56 Å². The van der Waals surface area contributed by atoms with E-state index in [1.165, 1.54) is 0 Å². The van der Waals surface area contributed by atoms with E-state index < -0.39 is 21.7 Å². The van der Waals surface area contributed by atoms with Crippen LogP contribution in [0.4, 0.5) is 0 Å². The quantitative estimate of drug-likeness (QED) is 0.876. The Kier molecular flexibility index (Phi) is 4.20. The van der Waals surface area contributed by atoms with Crippen molar-refractivity contribution in [1.29, 1.82) is 0 Å². The highest BCUT2D eigenvalue weighted by atomic mass is 32.2. The van der Waals surface area contributed by atoms with E-state index in [0.29, 0.717) is 5.56 Å². The first-order chi connectivity index (χ1) is 8.06. The molecule has 0 aliphatic carbocycles. The van der Waals surface area contributed by atoms with Crippen LogP contribution in [0.5, 0.6) is 0 Å². The fourth-order valence-electron chi connectivity index (χ4n) is 1.59. The first-order valence-corrected chi connectivity index (χ1v) is 7.34. The van der Waals surface area contributed by atoms with E-state index in [1.807, 2.05) is 13.0 Å². The minimum atomic E-state index is -3.62. The molecule has 0 aromatic heterocycles. The Hall–Kier alpha value is -0.910. The molecule has 18 heavy (non-hydrogen) atoms. The SMILES string of the molecule is Cc1ccc(S(=O)(=O)NC(C)(C)C(C)O)c(C)c1. The normalized spacial score (nSPS) is 14.6. The van der Waals surface area contributed by atoms with Crippen LogP contribution in [0.2, 0.25) is 0 Å². The van der Waals surface area contributed by atoms with Crippen LogP contribution < -0.4 is 4.72 Å². The van der Waals surface area contributed by atoms with Crippen LogP contribution in [0.3, 0.4) is 0 Å². The van der Waals surface area contributed by atoms with Crippen molar-refractivity contribution < 1.29 is 13.5 Å². The van der Waals surface area contributed by atoms with Crippen LogP contribution in [0.15, 0.2) is 23.1 Å². The molecule has 4 nitrogen and oxygen atoms in total. The van der Waals surface area contributed by atoms with Gasteiger partial charge in [-0.15, -0.1) is 0 Å². The molecule has 0 saturated heterocycles. The number of hydrogen-bond acceptors (Lipinski definition) is 3. The van der Waals surface area contributed by atoms with E-state index in [9.17, 15) is 13.5 Å². The lowest BCUT2D eigenvalue weighted by molar-refractivity contribution is 0.111. The third-order valence-electron chi connectivity index (χ3n) is 3.06. The van der Waals surface area contributed by atoms with Gasteiger partial charge in [-0.05, 0) is 46.2 Å². The Bertz CT molecular complexity index is 533. The number of nitrogens with one attached hydrogen (secondary N) is 1. The van der Waals surface area contributed by atoms with Crippen molar-refractivity contribution in [2.45, 2.75) is 51.2 Å². The van der Waals surface area contributed by atoms with Crippen molar-refractivity contribution in [3.8, 4) is 0 Å². The Balaban J connectivity index is 3.15. The molecule has 0 fully saturated rings. The monoisotopic (exact) mass is 271 g/mol. The Morgan fingerprint density at radius 3 is 2.28 bits per heavy atom. The van der Waals surface area contributed by atoms with Gasteiger partial charge in [0.1, 0.15) is 0 Å². The average Bonchev–Trinajstić information content (AvgIpc) is 2.14. The number of aliphatic hydroxyl groups excluding tert-OH is 1. The van der Waals surface area contributed by atoms with Gasteiger partial charge in [0.25, 0.3) is 0 Å². The molecule has 5 heteroatoms. The summed E-state index contributed by atoms with van der Waals surface area (Å²) in [6, 6.07) is 5.17. The summed E-state index contributed by atoms with van der Waals surface area (Å²) in [6.07, 6.45) is -0.780. The predicted octanol–water partition coefficient (Wildman–Crippen LogP) is 1.74. The van der Waals surface area contributed by atoms with Crippen molar-refractivity contribution in [2.24, 2.45) is 0 Å². The van der Waals surface area contributed by atoms with Crippen LogP contribution in [-0.2, 0) is 10.0 Å². The molecule has 2 N–H and O–H groups in total. The standard InChI is InChI=1S/C13H21NO3S/c1-9-6-7-12(10(2)8-9)18(16,17)14-13(4,5)11(3)15/h6-8,11,14-15H,1-5H3. The van der Waals surface area contributed by atoms with Crippen LogP contribution >= 0.6 is 0 Å². The molecule has 0 saturated carbocycles. The number of aliphatic hydroxyl groups is 1. The molecule has 1 rings (SSSR count). The minimum Gasteiger partial charge on any atom is -0.391 e. The molecule has 1 atom stereocenters. The number of sulfonamides is 1. The number of rotatable bonds is 4. The minimum absolute atomic E-state index is 0.252. The van der Waals surface area contributed by atoms with E-state index in [1.54, 1.807) is 39.8 Å². The lowest BCUT2D eigenvalue weighted by atomic mass is 10.0. The molecule has 0 aliphatic heterocycles. The topological polar surface area (TPSA) is 66.4 Å². The van der Waals surface area contributed by atoms with Crippen molar-refractivity contribution in [3.63, 3.8) is 0 Å². The lowest BCUT2D eigenvalue weighted by Crippen LogP contribution is -2.50. The molecule has 1 aromatic carbocycles. The fourth-order valence-corrected chi connectivity index (χ4v) is 3.29. The summed E-state index contributed by atoms with van der Waals surface area (Å²) in [7, 11) is -3.62. The number of benzene rings is 1. The highest BCUT2D eigenvalue weighted by Crippen LogP contribution is 2.19. The van der Waals surface area contributed by atoms with Crippen molar-refractivity contribution in [2.75, 3.05) is 0 Å². The molecule has 0 spiro atoms. The van der Waals surface area contributed by atoms with Crippen molar-refractivity contribution in [3.05, 3.63) is 29.3 Å². The van der Waals surface area contributed by atoms with Crippen molar-refractivity contribution in [1.82, 2.24) is 4.72 Å². The van der Waals surface area contributed by atoms with E-state index in [2.05, 4.69) is 4.72 Å². The first-order valence-electron chi connectivity index (χ1n) is 5.85. The largest absolute Gasteiger partial charge is 0.391 e. The van der Waals surface area contributed by atoms with Gasteiger partial charge in [0.2, 0.25) is 10.0 Å². The zero-order valence-electron chi connectivity index (χ0n) is 11.5. The summed E-state index contributed by atoms with van der Waals surface area (Å²) in [5.74, 6) is 0. The molecule has 0 heterocycles. The van der Waals surface area contributed by atoms with Crippen LogP contribution in [0.1, 0.15) is 31.9 Å². The van der Waals surface area contributed by atoms with Crippen LogP contribution in [0, 0.1) is 13.8 Å². The van der Waals surface area contributed by atoms with Crippen molar-refractivity contribution >= 4 is 10.0 Å². The Morgan fingerprint density at radius 1 is 1.28 bits per heavy atom.